The molecule has 1 rings (SSSR count). The SMILES string of the molecule is C/C=C/c1ccc(OCC(=O)NCC(C)C)c(OC)c1. The summed E-state index contributed by atoms with van der Waals surface area (Å²) in [6.07, 6.45) is 3.93. The molecule has 4 nitrogen and oxygen atoms in total. The Balaban J connectivity index is 2.61. The van der Waals surface area contributed by atoms with Crippen LogP contribution in [0.1, 0.15) is 26.3 Å². The van der Waals surface area contributed by atoms with Crippen molar-refractivity contribution in [1.82, 2.24) is 5.32 Å². The Bertz CT molecular complexity index is 467. The lowest BCUT2D eigenvalue weighted by Crippen LogP contribution is -2.31. The summed E-state index contributed by atoms with van der Waals surface area (Å²) in [5.74, 6) is 1.49. The van der Waals surface area contributed by atoms with Gasteiger partial charge >= 0.3 is 0 Å². The summed E-state index contributed by atoms with van der Waals surface area (Å²) in [5.41, 5.74) is 1.03. The first-order chi connectivity index (χ1) is 9.56. The van der Waals surface area contributed by atoms with Crippen LogP contribution in [0.2, 0.25) is 0 Å². The molecule has 0 atom stereocenters. The van der Waals surface area contributed by atoms with E-state index >= 15 is 0 Å². The first-order valence-electron chi connectivity index (χ1n) is 6.77. The standard InChI is InChI=1S/C16H23NO3/c1-5-6-13-7-8-14(15(9-13)19-4)20-11-16(18)17-10-12(2)3/h5-9,12H,10-11H2,1-4H3,(H,17,18)/b6-5+. The van der Waals surface area contributed by atoms with Crippen molar-refractivity contribution in [3.63, 3.8) is 0 Å². The molecule has 1 amide bonds. The highest BCUT2D eigenvalue weighted by atomic mass is 16.5. The van der Waals surface area contributed by atoms with Gasteiger partial charge in [-0.25, -0.2) is 0 Å². The van der Waals surface area contributed by atoms with Gasteiger partial charge in [-0.2, -0.15) is 0 Å². The molecule has 1 aromatic rings. The van der Waals surface area contributed by atoms with Gasteiger partial charge < -0.3 is 14.8 Å². The molecule has 0 aromatic heterocycles. The monoisotopic (exact) mass is 277 g/mol. The van der Waals surface area contributed by atoms with E-state index in [1.807, 2.05) is 51.1 Å². The van der Waals surface area contributed by atoms with Crippen LogP contribution in [0, 0.1) is 5.92 Å². The van der Waals surface area contributed by atoms with Crippen LogP contribution in [-0.4, -0.2) is 26.2 Å². The molecule has 0 saturated heterocycles. The van der Waals surface area contributed by atoms with E-state index in [2.05, 4.69) is 5.32 Å². The minimum absolute atomic E-state index is 0.00789. The summed E-state index contributed by atoms with van der Waals surface area (Å²) >= 11 is 0. The normalized spacial score (nSPS) is 10.8. The second-order valence-electron chi connectivity index (χ2n) is 4.90. The number of carbonyl (C=O) groups excluding carboxylic acids is 1. The van der Waals surface area contributed by atoms with Gasteiger partial charge in [0.1, 0.15) is 0 Å². The summed E-state index contributed by atoms with van der Waals surface area (Å²) in [6, 6.07) is 5.61. The van der Waals surface area contributed by atoms with E-state index < -0.39 is 0 Å². The molecule has 0 aliphatic rings. The second-order valence-corrected chi connectivity index (χ2v) is 4.90. The predicted octanol–water partition coefficient (Wildman–Crippen LogP) is 2.88. The largest absolute Gasteiger partial charge is 0.493 e. The van der Waals surface area contributed by atoms with E-state index in [-0.39, 0.29) is 12.5 Å². The fourth-order valence-electron chi connectivity index (χ4n) is 1.61. The van der Waals surface area contributed by atoms with E-state index in [1.54, 1.807) is 7.11 Å². The molecule has 4 heteroatoms. The number of benzene rings is 1. The smallest absolute Gasteiger partial charge is 0.257 e. The molecule has 1 N–H and O–H groups in total. The van der Waals surface area contributed by atoms with E-state index in [0.717, 1.165) is 5.56 Å². The number of rotatable bonds is 7. The quantitative estimate of drug-likeness (QED) is 0.833. The van der Waals surface area contributed by atoms with Crippen LogP contribution < -0.4 is 14.8 Å². The molecule has 20 heavy (non-hydrogen) atoms. The Morgan fingerprint density at radius 1 is 1.35 bits per heavy atom. The Kier molecular flexibility index (Phi) is 6.64. The highest BCUT2D eigenvalue weighted by Gasteiger charge is 2.08. The van der Waals surface area contributed by atoms with Gasteiger partial charge in [-0.3, -0.25) is 4.79 Å². The third-order valence-electron chi connectivity index (χ3n) is 2.61. The molecule has 1 aromatic carbocycles. The first-order valence-corrected chi connectivity index (χ1v) is 6.77. The number of ether oxygens (including phenoxy) is 2. The van der Waals surface area contributed by atoms with Crippen molar-refractivity contribution in [3.8, 4) is 11.5 Å². The predicted molar refractivity (Wildman–Crippen MR) is 81.0 cm³/mol. The zero-order valence-corrected chi connectivity index (χ0v) is 12.6. The van der Waals surface area contributed by atoms with Gasteiger partial charge in [-0.1, -0.05) is 32.1 Å². The maximum Gasteiger partial charge on any atom is 0.257 e. The fourth-order valence-corrected chi connectivity index (χ4v) is 1.61. The van der Waals surface area contributed by atoms with Gasteiger partial charge in [-0.05, 0) is 30.5 Å². The maximum absolute atomic E-state index is 11.6. The second kappa shape index (κ2) is 8.25. The van der Waals surface area contributed by atoms with Crippen LogP contribution in [-0.2, 0) is 4.79 Å². The van der Waals surface area contributed by atoms with Crippen LogP contribution in [0.3, 0.4) is 0 Å². The van der Waals surface area contributed by atoms with Gasteiger partial charge in [0.25, 0.3) is 5.91 Å². The summed E-state index contributed by atoms with van der Waals surface area (Å²) < 4.78 is 10.8. The van der Waals surface area contributed by atoms with Crippen LogP contribution >= 0.6 is 0 Å². The number of hydrogen-bond donors (Lipinski definition) is 1. The van der Waals surface area contributed by atoms with Gasteiger partial charge in [0.15, 0.2) is 18.1 Å². The summed E-state index contributed by atoms with van der Waals surface area (Å²) in [7, 11) is 1.58. The summed E-state index contributed by atoms with van der Waals surface area (Å²) in [6.45, 7) is 6.69. The topological polar surface area (TPSA) is 47.6 Å². The van der Waals surface area contributed by atoms with Crippen LogP contribution in [0.5, 0.6) is 11.5 Å². The van der Waals surface area contributed by atoms with Gasteiger partial charge in [0, 0.05) is 6.54 Å². The number of amides is 1. The lowest BCUT2D eigenvalue weighted by molar-refractivity contribution is -0.123. The molecule has 0 bridgehead atoms. The van der Waals surface area contributed by atoms with Crippen LogP contribution in [0.4, 0.5) is 0 Å². The molecule has 0 saturated carbocycles. The molecular formula is C16H23NO3. The average Bonchev–Trinajstić information content (AvgIpc) is 2.43. The van der Waals surface area contributed by atoms with E-state index in [4.69, 9.17) is 9.47 Å². The summed E-state index contributed by atoms with van der Waals surface area (Å²) in [5, 5.41) is 2.81. The molecule has 0 radical (unpaired) electrons. The molecule has 0 fully saturated rings. The molecular weight excluding hydrogens is 254 g/mol. The summed E-state index contributed by atoms with van der Waals surface area (Å²) in [4.78, 5) is 11.6. The number of carbonyl (C=O) groups is 1. The molecule has 0 spiro atoms. The van der Waals surface area contributed by atoms with E-state index in [0.29, 0.717) is 24.0 Å². The molecule has 0 unspecified atom stereocenters. The Hall–Kier alpha value is -1.97. The van der Waals surface area contributed by atoms with Crippen molar-refractivity contribution in [1.29, 1.82) is 0 Å². The van der Waals surface area contributed by atoms with Gasteiger partial charge in [0.2, 0.25) is 0 Å². The Morgan fingerprint density at radius 3 is 2.70 bits per heavy atom. The van der Waals surface area contributed by atoms with Crippen molar-refractivity contribution < 1.29 is 14.3 Å². The molecule has 0 aliphatic heterocycles. The Labute approximate surface area is 120 Å². The minimum Gasteiger partial charge on any atom is -0.493 e. The van der Waals surface area contributed by atoms with Crippen molar-refractivity contribution >= 4 is 12.0 Å². The maximum atomic E-state index is 11.6. The Morgan fingerprint density at radius 2 is 2.10 bits per heavy atom. The number of nitrogens with one attached hydrogen (secondary N) is 1. The number of allylic oxidation sites excluding steroid dienone is 1. The van der Waals surface area contributed by atoms with Crippen LogP contribution in [0.25, 0.3) is 6.08 Å². The zero-order valence-electron chi connectivity index (χ0n) is 12.6. The highest BCUT2D eigenvalue weighted by Crippen LogP contribution is 2.28. The van der Waals surface area contributed by atoms with Crippen molar-refractivity contribution in [3.05, 3.63) is 29.8 Å². The molecule has 0 aliphatic carbocycles. The van der Waals surface area contributed by atoms with E-state index in [1.165, 1.54) is 0 Å². The first kappa shape index (κ1) is 16.1. The van der Waals surface area contributed by atoms with Crippen molar-refractivity contribution in [2.24, 2.45) is 5.92 Å². The lowest BCUT2D eigenvalue weighted by atomic mass is 10.2. The highest BCUT2D eigenvalue weighted by molar-refractivity contribution is 5.77. The van der Waals surface area contributed by atoms with Gasteiger partial charge in [-0.15, -0.1) is 0 Å². The average molecular weight is 277 g/mol. The van der Waals surface area contributed by atoms with Gasteiger partial charge in [0.05, 0.1) is 7.11 Å². The fraction of sp³-hybridized carbons (Fsp3) is 0.438. The minimum atomic E-state index is -0.127. The molecule has 0 heterocycles. The number of hydrogen-bond acceptors (Lipinski definition) is 3. The third-order valence-corrected chi connectivity index (χ3v) is 2.61. The molecule has 110 valence electrons. The van der Waals surface area contributed by atoms with E-state index in [9.17, 15) is 4.79 Å². The number of methoxy groups -OCH3 is 1. The van der Waals surface area contributed by atoms with Crippen LogP contribution in [0.15, 0.2) is 24.3 Å². The van der Waals surface area contributed by atoms with Crippen molar-refractivity contribution in [2.75, 3.05) is 20.3 Å². The lowest BCUT2D eigenvalue weighted by Gasteiger charge is -2.12. The third kappa shape index (κ3) is 5.34. The zero-order chi connectivity index (χ0) is 15.0. The van der Waals surface area contributed by atoms with Crippen molar-refractivity contribution in [2.45, 2.75) is 20.8 Å².